The number of benzene rings is 3. The maximum absolute atomic E-state index is 6.55. The fraction of sp³-hybridized carbons (Fsp3) is 0.100. The summed E-state index contributed by atoms with van der Waals surface area (Å²) in [5.74, 6) is 1.33. The van der Waals surface area contributed by atoms with Gasteiger partial charge in [0, 0.05) is 11.1 Å². The molecule has 0 aliphatic heterocycles. The van der Waals surface area contributed by atoms with Crippen LogP contribution in [0.5, 0.6) is 11.5 Å². The minimum atomic E-state index is 0.515. The average molecular weight is 359 g/mol. The zero-order chi connectivity index (χ0) is 17.1. The zero-order valence-corrected chi connectivity index (χ0v) is 14.9. The van der Waals surface area contributed by atoms with Crippen LogP contribution < -0.4 is 9.47 Å². The van der Waals surface area contributed by atoms with E-state index in [9.17, 15) is 0 Å². The normalized spacial score (nSPS) is 10.5. The van der Waals surface area contributed by atoms with Gasteiger partial charge in [0.25, 0.3) is 0 Å². The highest BCUT2D eigenvalue weighted by Crippen LogP contribution is 2.46. The summed E-state index contributed by atoms with van der Waals surface area (Å²) in [6.07, 6.45) is 0. The van der Waals surface area contributed by atoms with E-state index in [1.54, 1.807) is 20.3 Å². The van der Waals surface area contributed by atoms with Crippen molar-refractivity contribution < 1.29 is 9.47 Å². The van der Waals surface area contributed by atoms with Crippen molar-refractivity contribution in [1.29, 1.82) is 0 Å². The molecule has 0 aromatic heterocycles. The third-order valence-corrected chi connectivity index (χ3v) is 4.65. The molecule has 24 heavy (non-hydrogen) atoms. The Morgan fingerprint density at radius 2 is 1.46 bits per heavy atom. The molecule has 3 rings (SSSR count). The monoisotopic (exact) mass is 358 g/mol. The number of halogens is 2. The van der Waals surface area contributed by atoms with Gasteiger partial charge in [0.1, 0.15) is 0 Å². The van der Waals surface area contributed by atoms with Gasteiger partial charge in [-0.05, 0) is 23.3 Å². The van der Waals surface area contributed by atoms with Crippen LogP contribution in [0, 0.1) is 0 Å². The second kappa shape index (κ2) is 7.16. The molecule has 0 spiro atoms. The molecular formula is C20H16Cl2O2. The maximum Gasteiger partial charge on any atom is 0.168 e. The highest BCUT2D eigenvalue weighted by molar-refractivity contribution is 6.44. The van der Waals surface area contributed by atoms with Gasteiger partial charge >= 0.3 is 0 Å². The SMILES string of the molecule is COc1cccc(-c2ccc(Cl)c(Cl)c2-c2ccccc2)c1OC. The molecule has 122 valence electrons. The molecule has 0 fully saturated rings. The predicted octanol–water partition coefficient (Wildman–Crippen LogP) is 6.34. The second-order valence-corrected chi connectivity index (χ2v) is 5.98. The Morgan fingerprint density at radius 1 is 0.708 bits per heavy atom. The van der Waals surface area contributed by atoms with Gasteiger partial charge in [-0.1, -0.05) is 71.7 Å². The van der Waals surface area contributed by atoms with Gasteiger partial charge in [-0.15, -0.1) is 0 Å². The van der Waals surface area contributed by atoms with Crippen LogP contribution in [0.15, 0.2) is 60.7 Å². The van der Waals surface area contributed by atoms with Gasteiger partial charge in [-0.3, -0.25) is 0 Å². The van der Waals surface area contributed by atoms with Crippen LogP contribution in [-0.4, -0.2) is 14.2 Å². The van der Waals surface area contributed by atoms with Gasteiger partial charge in [0.05, 0.1) is 24.3 Å². The van der Waals surface area contributed by atoms with E-state index in [0.29, 0.717) is 21.5 Å². The van der Waals surface area contributed by atoms with E-state index in [1.165, 1.54) is 0 Å². The van der Waals surface area contributed by atoms with Crippen molar-refractivity contribution in [2.24, 2.45) is 0 Å². The van der Waals surface area contributed by atoms with Gasteiger partial charge in [-0.2, -0.15) is 0 Å². The Labute approximate surface area is 151 Å². The topological polar surface area (TPSA) is 18.5 Å². The number of hydrogen-bond acceptors (Lipinski definition) is 2. The van der Waals surface area contributed by atoms with Gasteiger partial charge in [0.2, 0.25) is 0 Å². The van der Waals surface area contributed by atoms with Crippen LogP contribution in [0.4, 0.5) is 0 Å². The fourth-order valence-corrected chi connectivity index (χ4v) is 3.19. The number of rotatable bonds is 4. The molecule has 0 heterocycles. The summed E-state index contributed by atoms with van der Waals surface area (Å²) >= 11 is 12.8. The van der Waals surface area contributed by atoms with Crippen molar-refractivity contribution in [3.05, 3.63) is 70.7 Å². The molecule has 0 unspecified atom stereocenters. The smallest absolute Gasteiger partial charge is 0.168 e. The molecule has 3 aromatic rings. The van der Waals surface area contributed by atoms with Gasteiger partial charge in [0.15, 0.2) is 11.5 Å². The van der Waals surface area contributed by atoms with Crippen LogP contribution in [0.3, 0.4) is 0 Å². The third kappa shape index (κ3) is 2.95. The van der Waals surface area contributed by atoms with Crippen molar-refractivity contribution in [1.82, 2.24) is 0 Å². The number of hydrogen-bond donors (Lipinski definition) is 0. The Morgan fingerprint density at radius 3 is 2.12 bits per heavy atom. The largest absolute Gasteiger partial charge is 0.493 e. The summed E-state index contributed by atoms with van der Waals surface area (Å²) < 4.78 is 11.0. The summed E-state index contributed by atoms with van der Waals surface area (Å²) in [6, 6.07) is 19.4. The van der Waals surface area contributed by atoms with Crippen molar-refractivity contribution in [3.8, 4) is 33.8 Å². The van der Waals surface area contributed by atoms with Crippen LogP contribution in [0.2, 0.25) is 10.0 Å². The number of ether oxygens (including phenoxy) is 2. The zero-order valence-electron chi connectivity index (χ0n) is 13.3. The van der Waals surface area contributed by atoms with E-state index in [4.69, 9.17) is 32.7 Å². The van der Waals surface area contributed by atoms with E-state index >= 15 is 0 Å². The summed E-state index contributed by atoms with van der Waals surface area (Å²) in [7, 11) is 3.25. The molecule has 0 bridgehead atoms. The molecule has 0 N–H and O–H groups in total. The van der Waals surface area contributed by atoms with E-state index in [2.05, 4.69) is 0 Å². The van der Waals surface area contributed by atoms with E-state index < -0.39 is 0 Å². The molecule has 4 heteroatoms. The van der Waals surface area contributed by atoms with Crippen LogP contribution in [0.25, 0.3) is 22.3 Å². The van der Waals surface area contributed by atoms with Crippen LogP contribution in [0.1, 0.15) is 0 Å². The first-order valence-corrected chi connectivity index (χ1v) is 8.17. The summed E-state index contributed by atoms with van der Waals surface area (Å²) in [5.41, 5.74) is 3.70. The molecule has 3 aromatic carbocycles. The predicted molar refractivity (Wildman–Crippen MR) is 100 cm³/mol. The van der Waals surface area contributed by atoms with E-state index in [1.807, 2.05) is 54.6 Å². The van der Waals surface area contributed by atoms with Gasteiger partial charge < -0.3 is 9.47 Å². The fourth-order valence-electron chi connectivity index (χ4n) is 2.76. The standard InChI is InChI=1S/C20H16Cl2O2/c1-23-17-10-6-9-15(20(17)24-2)14-11-12-16(21)19(22)18(14)13-7-4-3-5-8-13/h3-12H,1-2H3. The lowest BCUT2D eigenvalue weighted by atomic mass is 9.93. The molecule has 0 saturated heterocycles. The highest BCUT2D eigenvalue weighted by atomic mass is 35.5. The Balaban J connectivity index is 2.33. The van der Waals surface area contributed by atoms with Crippen molar-refractivity contribution in [2.45, 2.75) is 0 Å². The minimum absolute atomic E-state index is 0.515. The molecule has 2 nitrogen and oxygen atoms in total. The van der Waals surface area contributed by atoms with Crippen LogP contribution in [-0.2, 0) is 0 Å². The lowest BCUT2D eigenvalue weighted by molar-refractivity contribution is 0.356. The Bertz CT molecular complexity index is 861. The lowest BCUT2D eigenvalue weighted by Crippen LogP contribution is -1.95. The first kappa shape index (κ1) is 16.7. The molecule has 0 aliphatic rings. The first-order valence-electron chi connectivity index (χ1n) is 7.42. The average Bonchev–Trinajstić information content (AvgIpc) is 2.63. The van der Waals surface area contributed by atoms with Crippen molar-refractivity contribution >= 4 is 23.2 Å². The van der Waals surface area contributed by atoms with E-state index in [-0.39, 0.29) is 0 Å². The molecule has 0 radical (unpaired) electrons. The molecule has 0 amide bonds. The van der Waals surface area contributed by atoms with Crippen molar-refractivity contribution in [2.75, 3.05) is 14.2 Å². The van der Waals surface area contributed by atoms with Gasteiger partial charge in [-0.25, -0.2) is 0 Å². The summed E-state index contributed by atoms with van der Waals surface area (Å²) in [6.45, 7) is 0. The summed E-state index contributed by atoms with van der Waals surface area (Å²) in [4.78, 5) is 0. The Kier molecular flexibility index (Phi) is 4.98. The number of methoxy groups -OCH3 is 2. The highest BCUT2D eigenvalue weighted by Gasteiger charge is 2.19. The lowest BCUT2D eigenvalue weighted by Gasteiger charge is -2.17. The second-order valence-electron chi connectivity index (χ2n) is 5.19. The molecule has 0 aliphatic carbocycles. The first-order chi connectivity index (χ1) is 11.7. The number of para-hydroxylation sites is 1. The molecule has 0 atom stereocenters. The minimum Gasteiger partial charge on any atom is -0.493 e. The Hall–Kier alpha value is -2.16. The maximum atomic E-state index is 6.55. The molecular weight excluding hydrogens is 343 g/mol. The quantitative estimate of drug-likeness (QED) is 0.541. The molecule has 0 saturated carbocycles. The van der Waals surface area contributed by atoms with Crippen LogP contribution >= 0.6 is 23.2 Å². The van der Waals surface area contributed by atoms with Crippen molar-refractivity contribution in [3.63, 3.8) is 0 Å². The van der Waals surface area contributed by atoms with E-state index in [0.717, 1.165) is 22.3 Å². The summed E-state index contributed by atoms with van der Waals surface area (Å²) in [5, 5.41) is 1.03. The third-order valence-electron chi connectivity index (χ3n) is 3.85.